The minimum absolute atomic E-state index is 0.0116. The van der Waals surface area contributed by atoms with Crippen LogP contribution in [0.5, 0.6) is 5.75 Å². The number of carbonyl (C=O) groups excluding carboxylic acids is 2. The lowest BCUT2D eigenvalue weighted by atomic mass is 10.0. The van der Waals surface area contributed by atoms with Gasteiger partial charge in [0.25, 0.3) is 11.8 Å². The predicted molar refractivity (Wildman–Crippen MR) is 108 cm³/mol. The van der Waals surface area contributed by atoms with Crippen LogP contribution >= 0.6 is 0 Å². The van der Waals surface area contributed by atoms with E-state index in [0.717, 1.165) is 24.0 Å². The van der Waals surface area contributed by atoms with Crippen molar-refractivity contribution in [2.75, 3.05) is 39.9 Å². The Morgan fingerprint density at radius 1 is 1.07 bits per heavy atom. The molecular formula is C22H25N3O4. The molecule has 0 unspecified atom stereocenters. The van der Waals surface area contributed by atoms with Gasteiger partial charge in [0.15, 0.2) is 0 Å². The summed E-state index contributed by atoms with van der Waals surface area (Å²) in [5, 5.41) is 0. The van der Waals surface area contributed by atoms with Crippen LogP contribution < -0.4 is 4.74 Å². The number of amides is 2. The van der Waals surface area contributed by atoms with E-state index in [1.807, 2.05) is 35.2 Å². The maximum Gasteiger partial charge on any atom is 0.253 e. The van der Waals surface area contributed by atoms with Crippen molar-refractivity contribution in [2.45, 2.75) is 18.9 Å². The number of nitrogens with zero attached hydrogens (tertiary/aromatic N) is 3. The Balaban J connectivity index is 1.38. The van der Waals surface area contributed by atoms with E-state index in [1.165, 1.54) is 0 Å². The molecule has 2 amide bonds. The number of methoxy groups -OCH3 is 1. The van der Waals surface area contributed by atoms with Crippen LogP contribution in [0.3, 0.4) is 0 Å². The molecular weight excluding hydrogens is 370 g/mol. The maximum atomic E-state index is 12.9. The molecule has 1 aromatic carbocycles. The summed E-state index contributed by atoms with van der Waals surface area (Å²) in [5.74, 6) is 0.742. The SMILES string of the molecule is COc1cnccc1-c1ccc(C(=O)N2CCN(C(=O)[C@@H]3CCCO3)CC2)cc1. The van der Waals surface area contributed by atoms with E-state index in [9.17, 15) is 9.59 Å². The average molecular weight is 395 g/mol. The second-order valence-electron chi connectivity index (χ2n) is 7.27. The molecule has 2 aromatic rings. The fourth-order valence-electron chi connectivity index (χ4n) is 3.86. The average Bonchev–Trinajstić information content (AvgIpc) is 3.33. The van der Waals surface area contributed by atoms with Crippen molar-refractivity contribution in [3.8, 4) is 16.9 Å². The zero-order valence-corrected chi connectivity index (χ0v) is 16.5. The van der Waals surface area contributed by atoms with Gasteiger partial charge < -0.3 is 19.3 Å². The number of piperazine rings is 1. The van der Waals surface area contributed by atoms with Crippen LogP contribution in [0, 0.1) is 0 Å². The van der Waals surface area contributed by atoms with Gasteiger partial charge in [0.1, 0.15) is 11.9 Å². The largest absolute Gasteiger partial charge is 0.494 e. The highest BCUT2D eigenvalue weighted by atomic mass is 16.5. The van der Waals surface area contributed by atoms with Gasteiger partial charge in [0.2, 0.25) is 0 Å². The van der Waals surface area contributed by atoms with Crippen molar-refractivity contribution in [1.29, 1.82) is 0 Å². The van der Waals surface area contributed by atoms with Gasteiger partial charge in [-0.2, -0.15) is 0 Å². The maximum absolute atomic E-state index is 12.9. The molecule has 7 heteroatoms. The monoisotopic (exact) mass is 395 g/mol. The molecule has 152 valence electrons. The highest BCUT2D eigenvalue weighted by molar-refractivity contribution is 5.95. The summed E-state index contributed by atoms with van der Waals surface area (Å²) in [6, 6.07) is 9.40. The number of benzene rings is 1. The van der Waals surface area contributed by atoms with Crippen molar-refractivity contribution in [2.24, 2.45) is 0 Å². The molecule has 0 saturated carbocycles. The van der Waals surface area contributed by atoms with Crippen LogP contribution in [0.4, 0.5) is 0 Å². The van der Waals surface area contributed by atoms with E-state index in [4.69, 9.17) is 9.47 Å². The Labute approximate surface area is 170 Å². The van der Waals surface area contributed by atoms with Crippen LogP contribution in [0.25, 0.3) is 11.1 Å². The third-order valence-corrected chi connectivity index (χ3v) is 5.53. The van der Waals surface area contributed by atoms with Crippen molar-refractivity contribution in [3.05, 3.63) is 48.3 Å². The molecule has 2 saturated heterocycles. The summed E-state index contributed by atoms with van der Waals surface area (Å²) in [6.45, 7) is 2.85. The predicted octanol–water partition coefficient (Wildman–Crippen LogP) is 2.22. The fraction of sp³-hybridized carbons (Fsp3) is 0.409. The van der Waals surface area contributed by atoms with Gasteiger partial charge >= 0.3 is 0 Å². The van der Waals surface area contributed by atoms with E-state index in [-0.39, 0.29) is 17.9 Å². The topological polar surface area (TPSA) is 72.0 Å². The van der Waals surface area contributed by atoms with Crippen molar-refractivity contribution >= 4 is 11.8 Å². The van der Waals surface area contributed by atoms with E-state index in [2.05, 4.69) is 4.98 Å². The van der Waals surface area contributed by atoms with Gasteiger partial charge in [-0.15, -0.1) is 0 Å². The Kier molecular flexibility index (Phi) is 5.76. The summed E-state index contributed by atoms with van der Waals surface area (Å²) < 4.78 is 10.9. The molecule has 0 bridgehead atoms. The van der Waals surface area contributed by atoms with Crippen LogP contribution in [-0.4, -0.2) is 72.6 Å². The standard InChI is InChI=1S/C22H25N3O4/c1-28-20-15-23-9-8-18(20)16-4-6-17(7-5-16)21(26)24-10-12-25(13-11-24)22(27)19-3-2-14-29-19/h4-9,15,19H,2-3,10-14H2,1H3/t19-/m0/s1. The summed E-state index contributed by atoms with van der Waals surface area (Å²) in [4.78, 5) is 33.0. The Morgan fingerprint density at radius 3 is 2.45 bits per heavy atom. The van der Waals surface area contributed by atoms with Crippen molar-refractivity contribution < 1.29 is 19.1 Å². The molecule has 1 atom stereocenters. The van der Waals surface area contributed by atoms with Gasteiger partial charge in [0, 0.05) is 50.1 Å². The first-order valence-electron chi connectivity index (χ1n) is 9.95. The zero-order valence-electron chi connectivity index (χ0n) is 16.5. The number of pyridine rings is 1. The minimum atomic E-state index is -0.296. The molecule has 2 aliphatic heterocycles. The molecule has 7 nitrogen and oxygen atoms in total. The van der Waals surface area contributed by atoms with Gasteiger partial charge in [-0.05, 0) is 36.6 Å². The van der Waals surface area contributed by atoms with E-state index >= 15 is 0 Å². The molecule has 4 rings (SSSR count). The smallest absolute Gasteiger partial charge is 0.253 e. The van der Waals surface area contributed by atoms with E-state index in [0.29, 0.717) is 44.1 Å². The molecule has 0 spiro atoms. The number of aromatic nitrogens is 1. The van der Waals surface area contributed by atoms with Crippen molar-refractivity contribution in [1.82, 2.24) is 14.8 Å². The highest BCUT2D eigenvalue weighted by Gasteiger charge is 2.31. The van der Waals surface area contributed by atoms with Crippen LogP contribution in [0.1, 0.15) is 23.2 Å². The van der Waals surface area contributed by atoms with E-state index < -0.39 is 0 Å². The number of rotatable bonds is 4. The van der Waals surface area contributed by atoms with E-state index in [1.54, 1.807) is 24.4 Å². The number of hydrogen-bond donors (Lipinski definition) is 0. The second kappa shape index (κ2) is 8.61. The molecule has 29 heavy (non-hydrogen) atoms. The molecule has 0 aliphatic carbocycles. The van der Waals surface area contributed by atoms with Gasteiger partial charge in [-0.25, -0.2) is 0 Å². The van der Waals surface area contributed by atoms with Crippen LogP contribution in [-0.2, 0) is 9.53 Å². The third kappa shape index (κ3) is 4.10. The molecule has 2 aliphatic rings. The molecule has 0 radical (unpaired) electrons. The normalized spacial score (nSPS) is 19.3. The second-order valence-corrected chi connectivity index (χ2v) is 7.27. The molecule has 2 fully saturated rings. The molecule has 1 aromatic heterocycles. The number of carbonyl (C=O) groups is 2. The first-order valence-corrected chi connectivity index (χ1v) is 9.95. The quantitative estimate of drug-likeness (QED) is 0.794. The molecule has 0 N–H and O–H groups in total. The Hall–Kier alpha value is -2.93. The first-order chi connectivity index (χ1) is 14.2. The van der Waals surface area contributed by atoms with Crippen molar-refractivity contribution in [3.63, 3.8) is 0 Å². The number of ether oxygens (including phenoxy) is 2. The van der Waals surface area contributed by atoms with Gasteiger partial charge in [-0.1, -0.05) is 12.1 Å². The lowest BCUT2D eigenvalue weighted by Crippen LogP contribution is -2.52. The Bertz CT molecular complexity index is 870. The van der Waals surface area contributed by atoms with Crippen LogP contribution in [0.2, 0.25) is 0 Å². The summed E-state index contributed by atoms with van der Waals surface area (Å²) in [5.41, 5.74) is 2.54. The summed E-state index contributed by atoms with van der Waals surface area (Å²) in [6.07, 6.45) is 4.83. The Morgan fingerprint density at radius 2 is 1.79 bits per heavy atom. The molecule has 3 heterocycles. The fourth-order valence-corrected chi connectivity index (χ4v) is 3.86. The van der Waals surface area contributed by atoms with Crippen LogP contribution in [0.15, 0.2) is 42.7 Å². The number of hydrogen-bond acceptors (Lipinski definition) is 5. The minimum Gasteiger partial charge on any atom is -0.494 e. The summed E-state index contributed by atoms with van der Waals surface area (Å²) >= 11 is 0. The lowest BCUT2D eigenvalue weighted by Gasteiger charge is -2.35. The van der Waals surface area contributed by atoms with Gasteiger partial charge in [0.05, 0.1) is 13.3 Å². The third-order valence-electron chi connectivity index (χ3n) is 5.53. The lowest BCUT2D eigenvalue weighted by molar-refractivity contribution is -0.142. The zero-order chi connectivity index (χ0) is 20.2. The highest BCUT2D eigenvalue weighted by Crippen LogP contribution is 2.29. The summed E-state index contributed by atoms with van der Waals surface area (Å²) in [7, 11) is 1.61. The van der Waals surface area contributed by atoms with Gasteiger partial charge in [-0.3, -0.25) is 14.6 Å². The first kappa shape index (κ1) is 19.4.